The van der Waals surface area contributed by atoms with Gasteiger partial charge in [0.2, 0.25) is 0 Å². The monoisotopic (exact) mass is 272 g/mol. The summed E-state index contributed by atoms with van der Waals surface area (Å²) >= 11 is 1.73. The molecule has 2 nitrogen and oxygen atoms in total. The Morgan fingerprint density at radius 1 is 1.32 bits per heavy atom. The van der Waals surface area contributed by atoms with Gasteiger partial charge in [-0.15, -0.1) is 11.3 Å². The van der Waals surface area contributed by atoms with E-state index in [2.05, 4.69) is 17.5 Å². The molecule has 3 unspecified atom stereocenters. The summed E-state index contributed by atoms with van der Waals surface area (Å²) in [5, 5.41) is 3.38. The lowest BCUT2D eigenvalue weighted by molar-refractivity contribution is -0.123. The van der Waals surface area contributed by atoms with E-state index in [0.717, 1.165) is 19.3 Å². The highest BCUT2D eigenvalue weighted by Crippen LogP contribution is 2.40. The normalized spacial score (nSPS) is 29.2. The number of carbonyl (C=O) groups excluding carboxylic acids is 1. The number of hydrogen-bond acceptors (Lipinski definition) is 3. The number of fused-ring (bicyclic) bond motifs is 3. The van der Waals surface area contributed by atoms with E-state index in [-0.39, 0.29) is 12.0 Å². The molecule has 1 aromatic heterocycles. The molecule has 4 rings (SSSR count). The molecule has 2 saturated heterocycles. The van der Waals surface area contributed by atoms with Crippen molar-refractivity contribution in [3.05, 3.63) is 35.2 Å². The maximum absolute atomic E-state index is 12.5. The Morgan fingerprint density at radius 3 is 3.00 bits per heavy atom. The van der Waals surface area contributed by atoms with E-state index >= 15 is 0 Å². The lowest BCUT2D eigenvalue weighted by Crippen LogP contribution is -2.26. The second-order valence-corrected chi connectivity index (χ2v) is 6.53. The molecule has 2 aliphatic heterocycles. The summed E-state index contributed by atoms with van der Waals surface area (Å²) in [5.74, 6) is 0.521. The fraction of sp³-hybridized carbons (Fsp3) is 0.438. The van der Waals surface area contributed by atoms with Crippen molar-refractivity contribution in [2.75, 3.05) is 0 Å². The molecule has 0 saturated carbocycles. The summed E-state index contributed by atoms with van der Waals surface area (Å²) in [4.78, 5) is 12.5. The third-order valence-corrected chi connectivity index (χ3v) is 5.46. The Hall–Kier alpha value is -1.19. The first-order valence-corrected chi connectivity index (χ1v) is 7.82. The second-order valence-electron chi connectivity index (χ2n) is 5.62. The average molecular weight is 272 g/mol. The number of benzene rings is 1. The molecule has 1 aromatic carbocycles. The van der Waals surface area contributed by atoms with Gasteiger partial charge < -0.3 is 4.74 Å². The van der Waals surface area contributed by atoms with E-state index < -0.39 is 0 Å². The molecule has 2 bridgehead atoms. The molecule has 3 heterocycles. The van der Waals surface area contributed by atoms with E-state index in [9.17, 15) is 4.79 Å². The molecule has 0 N–H and O–H groups in total. The van der Waals surface area contributed by atoms with Gasteiger partial charge in [0, 0.05) is 17.0 Å². The smallest absolute Gasteiger partial charge is 0.143 e. The van der Waals surface area contributed by atoms with Gasteiger partial charge in [0.1, 0.15) is 5.78 Å². The van der Waals surface area contributed by atoms with E-state index in [1.54, 1.807) is 11.3 Å². The van der Waals surface area contributed by atoms with Crippen LogP contribution in [0.25, 0.3) is 10.1 Å². The second kappa shape index (κ2) is 4.43. The Labute approximate surface area is 116 Å². The van der Waals surface area contributed by atoms with Crippen molar-refractivity contribution in [2.24, 2.45) is 5.92 Å². The number of thiophene rings is 1. The highest BCUT2D eigenvalue weighted by Gasteiger charge is 2.43. The fourth-order valence-electron chi connectivity index (χ4n) is 3.47. The molecule has 3 heteroatoms. The molecule has 98 valence electrons. The summed E-state index contributed by atoms with van der Waals surface area (Å²) in [6.45, 7) is 0. The fourth-order valence-corrected chi connectivity index (χ4v) is 4.43. The minimum Gasteiger partial charge on any atom is -0.374 e. The number of ketones is 1. The predicted molar refractivity (Wildman–Crippen MR) is 76.5 cm³/mol. The number of carbonyl (C=O) groups is 1. The topological polar surface area (TPSA) is 26.3 Å². The van der Waals surface area contributed by atoms with Crippen LogP contribution in [-0.4, -0.2) is 18.0 Å². The molecule has 2 aliphatic rings. The molecule has 3 atom stereocenters. The largest absolute Gasteiger partial charge is 0.374 e. The zero-order valence-electron chi connectivity index (χ0n) is 10.7. The van der Waals surface area contributed by atoms with Crippen molar-refractivity contribution in [1.29, 1.82) is 0 Å². The van der Waals surface area contributed by atoms with E-state index in [1.807, 2.05) is 12.1 Å². The molecular weight excluding hydrogens is 256 g/mol. The number of ether oxygens (including phenoxy) is 1. The zero-order valence-corrected chi connectivity index (χ0v) is 11.5. The maximum Gasteiger partial charge on any atom is 0.143 e. The van der Waals surface area contributed by atoms with Gasteiger partial charge >= 0.3 is 0 Å². The average Bonchev–Trinajstić information content (AvgIpc) is 3.14. The SMILES string of the molecule is O=C(Cc1csc2ccccc12)C1CC2CCC1O2. The van der Waals surface area contributed by atoms with Crippen LogP contribution in [0, 0.1) is 5.92 Å². The lowest BCUT2D eigenvalue weighted by Gasteiger charge is -2.16. The Morgan fingerprint density at radius 2 is 2.21 bits per heavy atom. The molecule has 2 aromatic rings. The minimum atomic E-state index is 0.150. The lowest BCUT2D eigenvalue weighted by atomic mass is 9.84. The van der Waals surface area contributed by atoms with Gasteiger partial charge in [0.15, 0.2) is 0 Å². The number of rotatable bonds is 3. The van der Waals surface area contributed by atoms with Crippen LogP contribution >= 0.6 is 11.3 Å². The van der Waals surface area contributed by atoms with E-state index in [0.29, 0.717) is 18.3 Å². The molecular formula is C16H16O2S. The van der Waals surface area contributed by atoms with E-state index in [1.165, 1.54) is 15.6 Å². The van der Waals surface area contributed by atoms with Crippen molar-refractivity contribution in [1.82, 2.24) is 0 Å². The summed E-state index contributed by atoms with van der Waals surface area (Å²) in [5.41, 5.74) is 1.19. The van der Waals surface area contributed by atoms with Crippen molar-refractivity contribution < 1.29 is 9.53 Å². The van der Waals surface area contributed by atoms with Crippen LogP contribution in [0.2, 0.25) is 0 Å². The molecule has 2 fully saturated rings. The highest BCUT2D eigenvalue weighted by molar-refractivity contribution is 7.17. The number of hydrogen-bond donors (Lipinski definition) is 0. The summed E-state index contributed by atoms with van der Waals surface area (Å²) in [6, 6.07) is 8.33. The molecule has 19 heavy (non-hydrogen) atoms. The molecule has 0 aliphatic carbocycles. The van der Waals surface area contributed by atoms with Gasteiger partial charge in [-0.1, -0.05) is 18.2 Å². The predicted octanol–water partition coefficient (Wildman–Crippen LogP) is 3.58. The van der Waals surface area contributed by atoms with Crippen LogP contribution in [-0.2, 0) is 16.0 Å². The van der Waals surface area contributed by atoms with Crippen molar-refractivity contribution in [3.63, 3.8) is 0 Å². The summed E-state index contributed by atoms with van der Waals surface area (Å²) < 4.78 is 7.07. The summed E-state index contributed by atoms with van der Waals surface area (Å²) in [7, 11) is 0. The Bertz CT molecular complexity index is 630. The third kappa shape index (κ3) is 1.92. The Kier molecular flexibility index (Phi) is 2.71. The first-order valence-electron chi connectivity index (χ1n) is 6.94. The van der Waals surface area contributed by atoms with Gasteiger partial charge in [-0.25, -0.2) is 0 Å². The van der Waals surface area contributed by atoms with Gasteiger partial charge in [0.05, 0.1) is 12.2 Å². The van der Waals surface area contributed by atoms with Crippen molar-refractivity contribution in [2.45, 2.75) is 37.9 Å². The maximum atomic E-state index is 12.5. The van der Waals surface area contributed by atoms with Crippen LogP contribution in [0.1, 0.15) is 24.8 Å². The van der Waals surface area contributed by atoms with Gasteiger partial charge in [0.25, 0.3) is 0 Å². The van der Waals surface area contributed by atoms with Crippen LogP contribution in [0.15, 0.2) is 29.6 Å². The molecule has 0 spiro atoms. The van der Waals surface area contributed by atoms with Gasteiger partial charge in [-0.05, 0) is 41.7 Å². The molecule has 0 amide bonds. The standard InChI is InChI=1S/C16H16O2S/c17-14(13-8-11-5-6-15(13)18-11)7-10-9-19-16-4-2-1-3-12(10)16/h1-4,9,11,13,15H,5-8H2. The van der Waals surface area contributed by atoms with Gasteiger partial charge in [-0.3, -0.25) is 4.79 Å². The first-order chi connectivity index (χ1) is 9.31. The van der Waals surface area contributed by atoms with Crippen LogP contribution in [0.5, 0.6) is 0 Å². The number of Topliss-reactive ketones (excluding diaryl/α,β-unsaturated/α-hetero) is 1. The van der Waals surface area contributed by atoms with Crippen LogP contribution in [0.4, 0.5) is 0 Å². The van der Waals surface area contributed by atoms with Gasteiger partial charge in [-0.2, -0.15) is 0 Å². The quantitative estimate of drug-likeness (QED) is 0.853. The summed E-state index contributed by atoms with van der Waals surface area (Å²) in [6.07, 6.45) is 4.31. The van der Waals surface area contributed by atoms with Crippen LogP contribution in [0.3, 0.4) is 0 Å². The first kappa shape index (κ1) is 11.6. The van der Waals surface area contributed by atoms with Crippen LogP contribution < -0.4 is 0 Å². The van der Waals surface area contributed by atoms with E-state index in [4.69, 9.17) is 4.74 Å². The minimum absolute atomic E-state index is 0.150. The molecule has 0 radical (unpaired) electrons. The zero-order chi connectivity index (χ0) is 12.8. The highest BCUT2D eigenvalue weighted by atomic mass is 32.1. The van der Waals surface area contributed by atoms with Crippen molar-refractivity contribution in [3.8, 4) is 0 Å². The van der Waals surface area contributed by atoms with Crippen molar-refractivity contribution >= 4 is 27.2 Å². The third-order valence-electron chi connectivity index (χ3n) is 4.45. The Balaban J connectivity index is 1.56.